The van der Waals surface area contributed by atoms with E-state index in [1.54, 1.807) is 41.3 Å². The minimum atomic E-state index is -0.0638. The smallest absolute Gasteiger partial charge is 0.260 e. The number of carbonyl (C=O) groups is 2. The van der Waals surface area contributed by atoms with Crippen LogP contribution in [-0.2, 0) is 11.2 Å². The van der Waals surface area contributed by atoms with Gasteiger partial charge in [0.1, 0.15) is 5.75 Å². The van der Waals surface area contributed by atoms with E-state index < -0.39 is 0 Å². The number of ketones is 1. The lowest BCUT2D eigenvalue weighted by Gasteiger charge is -2.35. The lowest BCUT2D eigenvalue weighted by molar-refractivity contribution is -0.133. The molecule has 1 aliphatic heterocycles. The summed E-state index contributed by atoms with van der Waals surface area (Å²) >= 11 is 0. The van der Waals surface area contributed by atoms with Gasteiger partial charge in [0.05, 0.1) is 5.69 Å². The zero-order valence-corrected chi connectivity index (χ0v) is 21.4. The van der Waals surface area contributed by atoms with E-state index in [9.17, 15) is 9.59 Å². The molecular formula is C31H30N4O3. The average Bonchev–Trinajstić information content (AvgIpc) is 3.00. The molecule has 7 heteroatoms. The van der Waals surface area contributed by atoms with Crippen LogP contribution >= 0.6 is 0 Å². The van der Waals surface area contributed by atoms with E-state index >= 15 is 0 Å². The SMILES string of the molecule is CCc1ccc(-c2ccc(N3CCN(C(=O)COc4ccc(C(=O)c5ccccc5)cc4)CC3)nn2)cc1. The first-order valence-corrected chi connectivity index (χ1v) is 12.9. The summed E-state index contributed by atoms with van der Waals surface area (Å²) in [5, 5.41) is 8.85. The summed E-state index contributed by atoms with van der Waals surface area (Å²) in [6.07, 6.45) is 1.01. The molecule has 1 amide bonds. The second-order valence-electron chi connectivity index (χ2n) is 9.20. The maximum absolute atomic E-state index is 12.7. The predicted molar refractivity (Wildman–Crippen MR) is 147 cm³/mol. The Kier molecular flexibility index (Phi) is 7.73. The average molecular weight is 507 g/mol. The van der Waals surface area contributed by atoms with Crippen LogP contribution in [0.1, 0.15) is 28.4 Å². The van der Waals surface area contributed by atoms with Gasteiger partial charge in [-0.3, -0.25) is 9.59 Å². The fourth-order valence-electron chi connectivity index (χ4n) is 4.44. The molecule has 0 saturated carbocycles. The van der Waals surface area contributed by atoms with Crippen molar-refractivity contribution >= 4 is 17.5 Å². The van der Waals surface area contributed by atoms with Gasteiger partial charge in [0.25, 0.3) is 5.91 Å². The minimum absolute atomic E-state index is 0.0443. The van der Waals surface area contributed by atoms with E-state index in [-0.39, 0.29) is 18.3 Å². The first-order chi connectivity index (χ1) is 18.6. The van der Waals surface area contributed by atoms with Gasteiger partial charge in [0.2, 0.25) is 0 Å². The molecule has 7 nitrogen and oxygen atoms in total. The highest BCUT2D eigenvalue weighted by atomic mass is 16.5. The Hall–Kier alpha value is -4.52. The van der Waals surface area contributed by atoms with E-state index in [2.05, 4.69) is 46.3 Å². The molecule has 5 rings (SSSR count). The Balaban J connectivity index is 1.09. The maximum Gasteiger partial charge on any atom is 0.260 e. The Bertz CT molecular complexity index is 1360. The van der Waals surface area contributed by atoms with Crippen LogP contribution in [0.5, 0.6) is 5.75 Å². The summed E-state index contributed by atoms with van der Waals surface area (Å²) in [4.78, 5) is 29.2. The molecule has 0 unspecified atom stereocenters. The van der Waals surface area contributed by atoms with Crippen LogP contribution in [0.2, 0.25) is 0 Å². The molecule has 1 aliphatic rings. The fraction of sp³-hybridized carbons (Fsp3) is 0.226. The molecule has 0 N–H and O–H groups in total. The molecular weight excluding hydrogens is 476 g/mol. The minimum Gasteiger partial charge on any atom is -0.484 e. The van der Waals surface area contributed by atoms with Gasteiger partial charge in [-0.2, -0.15) is 0 Å². The highest BCUT2D eigenvalue weighted by Crippen LogP contribution is 2.21. The number of hydrogen-bond acceptors (Lipinski definition) is 6. The van der Waals surface area contributed by atoms with E-state index in [4.69, 9.17) is 4.74 Å². The standard InChI is InChI=1S/C31H30N4O3/c1-2-23-8-10-24(11-9-23)28-16-17-29(33-32-28)34-18-20-35(21-19-34)30(36)22-38-27-14-12-26(13-15-27)31(37)25-6-4-3-5-7-25/h3-17H,2,18-22H2,1H3. The topological polar surface area (TPSA) is 75.6 Å². The summed E-state index contributed by atoms with van der Waals surface area (Å²) in [6.45, 7) is 4.64. The summed E-state index contributed by atoms with van der Waals surface area (Å²) in [7, 11) is 0. The second-order valence-corrected chi connectivity index (χ2v) is 9.20. The van der Waals surface area contributed by atoms with Crippen LogP contribution in [0, 0.1) is 0 Å². The molecule has 2 heterocycles. The molecule has 0 atom stereocenters. The number of benzene rings is 3. The van der Waals surface area contributed by atoms with Crippen molar-refractivity contribution < 1.29 is 14.3 Å². The number of carbonyl (C=O) groups excluding carboxylic acids is 2. The molecule has 4 aromatic rings. The van der Waals surface area contributed by atoms with Crippen molar-refractivity contribution in [2.24, 2.45) is 0 Å². The van der Waals surface area contributed by atoms with E-state index in [0.29, 0.717) is 43.1 Å². The van der Waals surface area contributed by atoms with E-state index in [1.165, 1.54) is 5.56 Å². The van der Waals surface area contributed by atoms with Gasteiger partial charge in [-0.05, 0) is 48.4 Å². The first-order valence-electron chi connectivity index (χ1n) is 12.9. The Morgan fingerprint density at radius 3 is 2.08 bits per heavy atom. The number of nitrogens with zero attached hydrogens (tertiary/aromatic N) is 4. The largest absolute Gasteiger partial charge is 0.484 e. The number of hydrogen-bond donors (Lipinski definition) is 0. The summed E-state index contributed by atoms with van der Waals surface area (Å²) in [6, 6.07) is 28.4. The summed E-state index contributed by atoms with van der Waals surface area (Å²) in [5.41, 5.74) is 4.41. The van der Waals surface area contributed by atoms with Crippen molar-refractivity contribution in [3.8, 4) is 17.0 Å². The number of piperazine rings is 1. The van der Waals surface area contributed by atoms with Gasteiger partial charge in [-0.15, -0.1) is 10.2 Å². The fourth-order valence-corrected chi connectivity index (χ4v) is 4.44. The highest BCUT2D eigenvalue weighted by molar-refractivity contribution is 6.09. The zero-order valence-electron chi connectivity index (χ0n) is 21.4. The molecule has 1 aromatic heterocycles. The number of anilines is 1. The molecule has 192 valence electrons. The number of rotatable bonds is 8. The van der Waals surface area contributed by atoms with Crippen molar-refractivity contribution in [2.75, 3.05) is 37.7 Å². The van der Waals surface area contributed by atoms with Gasteiger partial charge < -0.3 is 14.5 Å². The van der Waals surface area contributed by atoms with Crippen molar-refractivity contribution in [1.29, 1.82) is 0 Å². The molecule has 0 bridgehead atoms. The summed E-state index contributed by atoms with van der Waals surface area (Å²) < 4.78 is 5.70. The van der Waals surface area contributed by atoms with Crippen LogP contribution in [0.25, 0.3) is 11.3 Å². The van der Waals surface area contributed by atoms with E-state index in [1.807, 2.05) is 30.3 Å². The molecule has 0 aliphatic carbocycles. The Labute approximate surface area is 222 Å². The first kappa shape index (κ1) is 25.1. The van der Waals surface area contributed by atoms with Gasteiger partial charge in [-0.1, -0.05) is 61.5 Å². The van der Waals surface area contributed by atoms with Crippen LogP contribution in [0.3, 0.4) is 0 Å². The van der Waals surface area contributed by atoms with Crippen LogP contribution in [-0.4, -0.2) is 59.6 Å². The van der Waals surface area contributed by atoms with Crippen LogP contribution in [0.15, 0.2) is 91.0 Å². The summed E-state index contributed by atoms with van der Waals surface area (Å²) in [5.74, 6) is 1.26. The lowest BCUT2D eigenvalue weighted by atomic mass is 10.0. The number of aromatic nitrogens is 2. The molecule has 1 fully saturated rings. The highest BCUT2D eigenvalue weighted by Gasteiger charge is 2.22. The number of amides is 1. The van der Waals surface area contributed by atoms with Crippen molar-refractivity contribution in [2.45, 2.75) is 13.3 Å². The van der Waals surface area contributed by atoms with Gasteiger partial charge in [0.15, 0.2) is 18.2 Å². The maximum atomic E-state index is 12.7. The number of ether oxygens (including phenoxy) is 1. The normalized spacial score (nSPS) is 13.3. The molecule has 1 saturated heterocycles. The van der Waals surface area contributed by atoms with Gasteiger partial charge in [-0.25, -0.2) is 0 Å². The molecule has 0 spiro atoms. The van der Waals surface area contributed by atoms with Gasteiger partial charge in [0, 0.05) is 42.9 Å². The molecule has 38 heavy (non-hydrogen) atoms. The van der Waals surface area contributed by atoms with Gasteiger partial charge >= 0.3 is 0 Å². The van der Waals surface area contributed by atoms with Crippen molar-refractivity contribution in [3.63, 3.8) is 0 Å². The Morgan fingerprint density at radius 2 is 1.45 bits per heavy atom. The van der Waals surface area contributed by atoms with Crippen LogP contribution in [0.4, 0.5) is 5.82 Å². The zero-order chi connectivity index (χ0) is 26.3. The number of aryl methyl sites for hydroxylation is 1. The van der Waals surface area contributed by atoms with E-state index in [0.717, 1.165) is 23.5 Å². The van der Waals surface area contributed by atoms with Crippen molar-refractivity contribution in [3.05, 3.63) is 108 Å². The molecule has 0 radical (unpaired) electrons. The quantitative estimate of drug-likeness (QED) is 0.324. The monoisotopic (exact) mass is 506 g/mol. The third-order valence-electron chi connectivity index (χ3n) is 6.78. The van der Waals surface area contributed by atoms with Crippen molar-refractivity contribution in [1.82, 2.24) is 15.1 Å². The molecule has 3 aromatic carbocycles. The lowest BCUT2D eigenvalue weighted by Crippen LogP contribution is -2.50. The van der Waals surface area contributed by atoms with Crippen LogP contribution < -0.4 is 9.64 Å². The second kappa shape index (κ2) is 11.7. The Morgan fingerprint density at radius 1 is 0.763 bits per heavy atom. The predicted octanol–water partition coefficient (Wildman–Crippen LogP) is 4.66. The third-order valence-corrected chi connectivity index (χ3v) is 6.78. The third kappa shape index (κ3) is 5.89.